The van der Waals surface area contributed by atoms with E-state index < -0.39 is 0 Å². The molecule has 76 valence electrons. The van der Waals surface area contributed by atoms with Crippen molar-refractivity contribution in [3.8, 4) is 0 Å². The normalized spacial score (nSPS) is 20.1. The standard InChI is InChI=1S/C11H15ClN2/c1-11(2)5-3-7-14(11)9-4-6-13-10(12)8-9/h4,6,8H,3,5,7H2,1-2H3. The molecule has 0 N–H and O–H groups in total. The summed E-state index contributed by atoms with van der Waals surface area (Å²) in [5.41, 5.74) is 1.44. The molecule has 2 nitrogen and oxygen atoms in total. The molecule has 0 atom stereocenters. The molecule has 2 heterocycles. The maximum Gasteiger partial charge on any atom is 0.131 e. The molecule has 1 aromatic rings. The lowest BCUT2D eigenvalue weighted by Crippen LogP contribution is -2.38. The van der Waals surface area contributed by atoms with Crippen LogP contribution in [0.1, 0.15) is 26.7 Å². The van der Waals surface area contributed by atoms with Crippen LogP contribution in [-0.2, 0) is 0 Å². The number of hydrogen-bond donors (Lipinski definition) is 0. The molecule has 0 spiro atoms. The summed E-state index contributed by atoms with van der Waals surface area (Å²) < 4.78 is 0. The molecule has 1 aliphatic heterocycles. The summed E-state index contributed by atoms with van der Waals surface area (Å²) in [6, 6.07) is 3.97. The zero-order chi connectivity index (χ0) is 10.2. The Balaban J connectivity index is 2.31. The van der Waals surface area contributed by atoms with Crippen molar-refractivity contribution in [1.29, 1.82) is 0 Å². The van der Waals surface area contributed by atoms with Gasteiger partial charge in [-0.3, -0.25) is 0 Å². The van der Waals surface area contributed by atoms with E-state index in [1.54, 1.807) is 6.20 Å². The molecular weight excluding hydrogens is 196 g/mol. The average Bonchev–Trinajstić information content (AvgIpc) is 2.45. The van der Waals surface area contributed by atoms with Crippen LogP contribution < -0.4 is 4.90 Å². The minimum Gasteiger partial charge on any atom is -0.366 e. The topological polar surface area (TPSA) is 16.1 Å². The Morgan fingerprint density at radius 3 is 2.86 bits per heavy atom. The molecule has 3 heteroatoms. The van der Waals surface area contributed by atoms with E-state index in [-0.39, 0.29) is 5.54 Å². The average molecular weight is 211 g/mol. The summed E-state index contributed by atoms with van der Waals surface area (Å²) in [6.07, 6.45) is 4.27. The van der Waals surface area contributed by atoms with Crippen molar-refractivity contribution >= 4 is 17.3 Å². The number of rotatable bonds is 1. The molecule has 0 bridgehead atoms. The number of anilines is 1. The third kappa shape index (κ3) is 1.71. The molecule has 0 amide bonds. The zero-order valence-corrected chi connectivity index (χ0v) is 9.38. The molecule has 0 aliphatic carbocycles. The Kier molecular flexibility index (Phi) is 2.40. The predicted octanol–water partition coefficient (Wildman–Crippen LogP) is 3.11. The van der Waals surface area contributed by atoms with Crippen LogP contribution in [0.5, 0.6) is 0 Å². The van der Waals surface area contributed by atoms with Gasteiger partial charge in [0.25, 0.3) is 0 Å². The van der Waals surface area contributed by atoms with E-state index in [0.29, 0.717) is 5.15 Å². The van der Waals surface area contributed by atoms with E-state index in [2.05, 4.69) is 23.7 Å². The highest BCUT2D eigenvalue weighted by molar-refractivity contribution is 6.29. The number of aromatic nitrogens is 1. The second-order valence-corrected chi connectivity index (χ2v) is 4.79. The van der Waals surface area contributed by atoms with Gasteiger partial charge < -0.3 is 4.90 Å². The van der Waals surface area contributed by atoms with Gasteiger partial charge in [-0.2, -0.15) is 0 Å². The fourth-order valence-corrected chi connectivity index (χ4v) is 2.31. The molecule has 1 saturated heterocycles. The van der Waals surface area contributed by atoms with Gasteiger partial charge in [-0.25, -0.2) is 4.98 Å². The monoisotopic (exact) mass is 210 g/mol. The molecule has 1 aromatic heterocycles. The molecule has 2 rings (SSSR count). The summed E-state index contributed by atoms with van der Waals surface area (Å²) in [7, 11) is 0. The second-order valence-electron chi connectivity index (χ2n) is 4.40. The van der Waals surface area contributed by atoms with Gasteiger partial charge in [-0.15, -0.1) is 0 Å². The maximum atomic E-state index is 5.88. The molecule has 1 aliphatic rings. The molecule has 14 heavy (non-hydrogen) atoms. The Labute approximate surface area is 89.9 Å². The Bertz CT molecular complexity index is 336. The maximum absolute atomic E-state index is 5.88. The summed E-state index contributed by atoms with van der Waals surface area (Å²) in [6.45, 7) is 5.66. The van der Waals surface area contributed by atoms with Gasteiger partial charge in [0.05, 0.1) is 0 Å². The lowest BCUT2D eigenvalue weighted by Gasteiger charge is -2.33. The number of nitrogens with zero attached hydrogens (tertiary/aromatic N) is 2. The van der Waals surface area contributed by atoms with Crippen molar-refractivity contribution in [3.05, 3.63) is 23.5 Å². The third-order valence-electron chi connectivity index (χ3n) is 2.92. The van der Waals surface area contributed by atoms with Gasteiger partial charge in [-0.05, 0) is 38.8 Å². The van der Waals surface area contributed by atoms with Crippen molar-refractivity contribution in [3.63, 3.8) is 0 Å². The molecular formula is C11H15ClN2. The van der Waals surface area contributed by atoms with Crippen molar-refractivity contribution < 1.29 is 0 Å². The van der Waals surface area contributed by atoms with E-state index in [0.717, 1.165) is 6.54 Å². The molecule has 0 radical (unpaired) electrons. The number of pyridine rings is 1. The number of hydrogen-bond acceptors (Lipinski definition) is 2. The molecule has 0 unspecified atom stereocenters. The first-order chi connectivity index (χ1) is 6.59. The van der Waals surface area contributed by atoms with Gasteiger partial charge in [0.1, 0.15) is 5.15 Å². The summed E-state index contributed by atoms with van der Waals surface area (Å²) >= 11 is 5.88. The highest BCUT2D eigenvalue weighted by Crippen LogP contribution is 2.33. The molecule has 0 saturated carbocycles. The lowest BCUT2D eigenvalue weighted by molar-refractivity contribution is 0.518. The van der Waals surface area contributed by atoms with Gasteiger partial charge in [-0.1, -0.05) is 11.6 Å². The zero-order valence-electron chi connectivity index (χ0n) is 8.63. The third-order valence-corrected chi connectivity index (χ3v) is 3.13. The fraction of sp³-hybridized carbons (Fsp3) is 0.545. The predicted molar refractivity (Wildman–Crippen MR) is 59.9 cm³/mol. The first-order valence-corrected chi connectivity index (χ1v) is 5.37. The lowest BCUT2D eigenvalue weighted by atomic mass is 10.0. The van der Waals surface area contributed by atoms with Crippen molar-refractivity contribution in [2.24, 2.45) is 0 Å². The highest BCUT2D eigenvalue weighted by Gasteiger charge is 2.31. The van der Waals surface area contributed by atoms with Crippen LogP contribution in [0, 0.1) is 0 Å². The van der Waals surface area contributed by atoms with Crippen LogP contribution in [0.3, 0.4) is 0 Å². The SMILES string of the molecule is CC1(C)CCCN1c1ccnc(Cl)c1. The van der Waals surface area contributed by atoms with E-state index in [4.69, 9.17) is 11.6 Å². The van der Waals surface area contributed by atoms with Crippen LogP contribution in [-0.4, -0.2) is 17.1 Å². The molecule has 1 fully saturated rings. The van der Waals surface area contributed by atoms with Crippen molar-refractivity contribution in [2.45, 2.75) is 32.2 Å². The molecule has 0 aromatic carbocycles. The number of halogens is 1. The Morgan fingerprint density at radius 1 is 1.50 bits per heavy atom. The first-order valence-electron chi connectivity index (χ1n) is 4.99. The van der Waals surface area contributed by atoms with E-state index >= 15 is 0 Å². The van der Waals surface area contributed by atoms with Crippen LogP contribution in [0.2, 0.25) is 5.15 Å². The minimum absolute atomic E-state index is 0.255. The van der Waals surface area contributed by atoms with Crippen LogP contribution in [0.25, 0.3) is 0 Å². The Hall–Kier alpha value is -0.760. The van der Waals surface area contributed by atoms with Crippen molar-refractivity contribution in [2.75, 3.05) is 11.4 Å². The largest absolute Gasteiger partial charge is 0.366 e. The second kappa shape index (κ2) is 3.43. The minimum atomic E-state index is 0.255. The van der Waals surface area contributed by atoms with E-state index in [1.807, 2.05) is 12.1 Å². The van der Waals surface area contributed by atoms with Gasteiger partial charge in [0.2, 0.25) is 0 Å². The first kappa shape index (κ1) is 9.78. The highest BCUT2D eigenvalue weighted by atomic mass is 35.5. The van der Waals surface area contributed by atoms with Gasteiger partial charge in [0, 0.05) is 24.0 Å². The van der Waals surface area contributed by atoms with Crippen LogP contribution >= 0.6 is 11.6 Å². The van der Waals surface area contributed by atoms with E-state index in [1.165, 1.54) is 18.5 Å². The Morgan fingerprint density at radius 2 is 2.29 bits per heavy atom. The fourth-order valence-electron chi connectivity index (χ4n) is 2.15. The van der Waals surface area contributed by atoms with Crippen LogP contribution in [0.15, 0.2) is 18.3 Å². The summed E-state index contributed by atoms with van der Waals surface area (Å²) in [4.78, 5) is 6.40. The smallest absolute Gasteiger partial charge is 0.131 e. The van der Waals surface area contributed by atoms with Crippen LogP contribution in [0.4, 0.5) is 5.69 Å². The van der Waals surface area contributed by atoms with E-state index in [9.17, 15) is 0 Å². The van der Waals surface area contributed by atoms with Crippen molar-refractivity contribution in [1.82, 2.24) is 4.98 Å². The summed E-state index contributed by atoms with van der Waals surface area (Å²) in [5, 5.41) is 0.574. The van der Waals surface area contributed by atoms with Gasteiger partial charge in [0.15, 0.2) is 0 Å². The van der Waals surface area contributed by atoms with Gasteiger partial charge >= 0.3 is 0 Å². The quantitative estimate of drug-likeness (QED) is 0.663. The summed E-state index contributed by atoms with van der Waals surface area (Å²) in [5.74, 6) is 0.